The molecule has 30 heavy (non-hydrogen) atoms. The van der Waals surface area contributed by atoms with Crippen molar-refractivity contribution in [2.75, 3.05) is 5.75 Å². The molecule has 2 heterocycles. The van der Waals surface area contributed by atoms with Gasteiger partial charge < -0.3 is 5.32 Å². The van der Waals surface area contributed by atoms with Gasteiger partial charge in [0.15, 0.2) is 5.16 Å². The van der Waals surface area contributed by atoms with Gasteiger partial charge in [-0.3, -0.25) is 14.2 Å². The topological polar surface area (TPSA) is 64.0 Å². The lowest BCUT2D eigenvalue weighted by Crippen LogP contribution is -2.28. The molecule has 4 rings (SSSR count). The number of hydrogen-bond acceptors (Lipinski definition) is 5. The number of fused-ring (bicyclic) bond motifs is 1. The Morgan fingerprint density at radius 3 is 2.67 bits per heavy atom. The predicted octanol–water partition coefficient (Wildman–Crippen LogP) is 4.73. The van der Waals surface area contributed by atoms with E-state index >= 15 is 0 Å². The highest BCUT2D eigenvalue weighted by molar-refractivity contribution is 7.99. The number of para-hydroxylation sites is 2. The summed E-state index contributed by atoms with van der Waals surface area (Å²) in [7, 11) is 0. The summed E-state index contributed by atoms with van der Waals surface area (Å²) in [6, 6.07) is 18.9. The van der Waals surface area contributed by atoms with E-state index in [1.165, 1.54) is 11.8 Å². The lowest BCUT2D eigenvalue weighted by Gasteiger charge is -2.16. The van der Waals surface area contributed by atoms with Crippen molar-refractivity contribution in [2.45, 2.75) is 25.0 Å². The lowest BCUT2D eigenvalue weighted by molar-refractivity contribution is -0.119. The van der Waals surface area contributed by atoms with E-state index in [4.69, 9.17) is 4.98 Å². The molecular formula is C23H21N3O2S2. The zero-order valence-corrected chi connectivity index (χ0v) is 18.3. The maximum absolute atomic E-state index is 13.3. The number of aromatic nitrogens is 2. The average molecular weight is 436 g/mol. The summed E-state index contributed by atoms with van der Waals surface area (Å²) in [6.07, 6.45) is 0. The molecule has 0 saturated heterocycles. The van der Waals surface area contributed by atoms with Gasteiger partial charge in [-0.2, -0.15) is 0 Å². The van der Waals surface area contributed by atoms with E-state index in [1.807, 2.05) is 73.8 Å². The van der Waals surface area contributed by atoms with Crippen molar-refractivity contribution in [1.29, 1.82) is 0 Å². The van der Waals surface area contributed by atoms with Crippen molar-refractivity contribution >= 4 is 39.9 Å². The van der Waals surface area contributed by atoms with Crippen LogP contribution in [-0.2, 0) is 4.79 Å². The van der Waals surface area contributed by atoms with Crippen LogP contribution in [0.4, 0.5) is 0 Å². The first-order valence-electron chi connectivity index (χ1n) is 9.58. The Hall–Kier alpha value is -2.90. The molecule has 5 nitrogen and oxygen atoms in total. The fraction of sp³-hybridized carbons (Fsp3) is 0.174. The maximum Gasteiger partial charge on any atom is 0.266 e. The molecule has 2 aromatic heterocycles. The third kappa shape index (κ3) is 4.17. The summed E-state index contributed by atoms with van der Waals surface area (Å²) < 4.78 is 1.61. The maximum atomic E-state index is 13.3. The van der Waals surface area contributed by atoms with Crippen molar-refractivity contribution in [3.63, 3.8) is 0 Å². The first-order valence-corrected chi connectivity index (χ1v) is 11.4. The monoisotopic (exact) mass is 435 g/mol. The zero-order valence-electron chi connectivity index (χ0n) is 16.7. The number of carbonyl (C=O) groups is 1. The predicted molar refractivity (Wildman–Crippen MR) is 124 cm³/mol. The number of carbonyl (C=O) groups excluding carboxylic acids is 1. The van der Waals surface area contributed by atoms with Gasteiger partial charge in [0.1, 0.15) is 0 Å². The molecule has 1 N–H and O–H groups in total. The van der Waals surface area contributed by atoms with Crippen molar-refractivity contribution in [3.8, 4) is 5.69 Å². The third-order valence-electron chi connectivity index (χ3n) is 4.78. The molecule has 0 aliphatic heterocycles. The van der Waals surface area contributed by atoms with Crippen molar-refractivity contribution in [3.05, 3.63) is 86.8 Å². The van der Waals surface area contributed by atoms with E-state index in [9.17, 15) is 9.59 Å². The van der Waals surface area contributed by atoms with Crippen molar-refractivity contribution in [2.24, 2.45) is 0 Å². The number of thioether (sulfide) groups is 1. The van der Waals surface area contributed by atoms with Gasteiger partial charge in [-0.05, 0) is 49.1 Å². The minimum atomic E-state index is -0.134. The second kappa shape index (κ2) is 8.85. The first kappa shape index (κ1) is 20.4. The smallest absolute Gasteiger partial charge is 0.266 e. The Labute approximate surface area is 182 Å². The van der Waals surface area contributed by atoms with Crippen LogP contribution in [0.5, 0.6) is 0 Å². The molecule has 4 aromatic rings. The number of nitrogens with one attached hydrogen (secondary N) is 1. The summed E-state index contributed by atoms with van der Waals surface area (Å²) in [5, 5.41) is 6.07. The highest BCUT2D eigenvalue weighted by Crippen LogP contribution is 2.24. The summed E-state index contributed by atoms with van der Waals surface area (Å²) in [5.74, 6) is 0.0754. The number of nitrogens with zero attached hydrogens (tertiary/aromatic N) is 2. The van der Waals surface area contributed by atoms with E-state index in [2.05, 4.69) is 5.32 Å². The SMILES string of the molecule is Cc1ccccc1-n1c(SCC(=O)NC(C)c2cccs2)nc2ccccc2c1=O. The molecule has 0 bridgehead atoms. The molecule has 1 amide bonds. The number of amides is 1. The molecule has 152 valence electrons. The van der Waals surface area contributed by atoms with Gasteiger partial charge >= 0.3 is 0 Å². The summed E-state index contributed by atoms with van der Waals surface area (Å²) in [6.45, 7) is 3.92. The minimum absolute atomic E-state index is 0.0544. The average Bonchev–Trinajstić information content (AvgIpc) is 3.28. The van der Waals surface area contributed by atoms with E-state index in [0.29, 0.717) is 16.1 Å². The third-order valence-corrected chi connectivity index (χ3v) is 6.77. The Kier molecular flexibility index (Phi) is 6.01. The molecule has 0 aliphatic carbocycles. The number of hydrogen-bond donors (Lipinski definition) is 1. The number of rotatable bonds is 6. The van der Waals surface area contributed by atoms with Crippen LogP contribution in [0.3, 0.4) is 0 Å². The highest BCUT2D eigenvalue weighted by Gasteiger charge is 2.17. The molecular weight excluding hydrogens is 414 g/mol. The Balaban J connectivity index is 1.66. The minimum Gasteiger partial charge on any atom is -0.348 e. The fourth-order valence-electron chi connectivity index (χ4n) is 3.26. The summed E-state index contributed by atoms with van der Waals surface area (Å²) >= 11 is 2.88. The quantitative estimate of drug-likeness (QED) is 0.351. The molecule has 0 fully saturated rings. The second-order valence-corrected chi connectivity index (χ2v) is 8.85. The van der Waals surface area contributed by atoms with Gasteiger partial charge in [-0.15, -0.1) is 11.3 Å². The Morgan fingerprint density at radius 1 is 1.13 bits per heavy atom. The van der Waals surface area contributed by atoms with Gasteiger partial charge in [0.25, 0.3) is 5.56 Å². The van der Waals surface area contributed by atoms with Crippen LogP contribution in [0.1, 0.15) is 23.4 Å². The largest absolute Gasteiger partial charge is 0.348 e. The number of thiophene rings is 1. The van der Waals surface area contributed by atoms with Crippen LogP contribution in [0.15, 0.2) is 76.0 Å². The standard InChI is InChI=1S/C23H21N3O2S2/c1-15-8-3-6-11-19(15)26-22(28)17-9-4-5-10-18(17)25-23(26)30-14-21(27)24-16(2)20-12-7-13-29-20/h3-13,16H,14H2,1-2H3,(H,24,27). The zero-order chi connectivity index (χ0) is 21.1. The lowest BCUT2D eigenvalue weighted by atomic mass is 10.2. The van der Waals surface area contributed by atoms with Crippen LogP contribution in [0, 0.1) is 6.92 Å². The number of aryl methyl sites for hydroxylation is 1. The van der Waals surface area contributed by atoms with Gasteiger partial charge in [0.2, 0.25) is 5.91 Å². The molecule has 7 heteroatoms. The van der Waals surface area contributed by atoms with E-state index in [-0.39, 0.29) is 23.3 Å². The van der Waals surface area contributed by atoms with Gasteiger partial charge in [-0.1, -0.05) is 48.2 Å². The Bertz CT molecular complexity index is 1250. The molecule has 0 spiro atoms. The van der Waals surface area contributed by atoms with Gasteiger partial charge in [0.05, 0.1) is 28.4 Å². The molecule has 0 saturated carbocycles. The molecule has 1 atom stereocenters. The van der Waals surface area contributed by atoms with E-state index in [1.54, 1.807) is 22.0 Å². The van der Waals surface area contributed by atoms with E-state index < -0.39 is 0 Å². The van der Waals surface area contributed by atoms with Crippen LogP contribution in [0.2, 0.25) is 0 Å². The molecule has 0 aliphatic rings. The normalized spacial score (nSPS) is 12.1. The van der Waals surface area contributed by atoms with Crippen molar-refractivity contribution < 1.29 is 4.79 Å². The van der Waals surface area contributed by atoms with Crippen LogP contribution in [-0.4, -0.2) is 21.2 Å². The van der Waals surface area contributed by atoms with E-state index in [0.717, 1.165) is 16.1 Å². The molecule has 2 aromatic carbocycles. The van der Waals surface area contributed by atoms with Gasteiger partial charge in [-0.25, -0.2) is 4.98 Å². The fourth-order valence-corrected chi connectivity index (χ4v) is 4.81. The van der Waals surface area contributed by atoms with Crippen LogP contribution >= 0.6 is 23.1 Å². The summed E-state index contributed by atoms with van der Waals surface area (Å²) in [4.78, 5) is 31.6. The number of benzene rings is 2. The van der Waals surface area contributed by atoms with Crippen molar-refractivity contribution in [1.82, 2.24) is 14.9 Å². The summed E-state index contributed by atoms with van der Waals surface area (Å²) in [5.41, 5.74) is 2.23. The second-order valence-electron chi connectivity index (χ2n) is 6.93. The molecule has 0 radical (unpaired) electrons. The Morgan fingerprint density at radius 2 is 1.90 bits per heavy atom. The first-order chi connectivity index (χ1) is 14.5. The highest BCUT2D eigenvalue weighted by atomic mass is 32.2. The van der Waals surface area contributed by atoms with Crippen LogP contribution < -0.4 is 10.9 Å². The molecule has 1 unspecified atom stereocenters. The van der Waals surface area contributed by atoms with Gasteiger partial charge in [0, 0.05) is 4.88 Å². The van der Waals surface area contributed by atoms with Crippen LogP contribution in [0.25, 0.3) is 16.6 Å².